The highest BCUT2D eigenvalue weighted by molar-refractivity contribution is 5.70. The molecular weight excluding hydrogens is 246 g/mol. The van der Waals surface area contributed by atoms with Crippen LogP contribution in [0.4, 0.5) is 0 Å². The summed E-state index contributed by atoms with van der Waals surface area (Å²) in [6, 6.07) is 18.2. The van der Waals surface area contributed by atoms with Gasteiger partial charge in [0.15, 0.2) is 0 Å². The monoisotopic (exact) mass is 259 g/mol. The molecule has 3 aromatic rings. The van der Waals surface area contributed by atoms with E-state index in [1.165, 1.54) is 5.56 Å². The minimum Gasteiger partial charge on any atom is -0.333 e. The van der Waals surface area contributed by atoms with Gasteiger partial charge in [-0.05, 0) is 22.8 Å². The van der Waals surface area contributed by atoms with Gasteiger partial charge in [0, 0.05) is 18.9 Å². The van der Waals surface area contributed by atoms with Crippen molar-refractivity contribution in [3.63, 3.8) is 0 Å². The zero-order valence-electron chi connectivity index (χ0n) is 10.9. The molecular formula is C17H13N3. The third-order valence-corrected chi connectivity index (χ3v) is 3.24. The second-order valence-electron chi connectivity index (χ2n) is 4.59. The van der Waals surface area contributed by atoms with E-state index in [-0.39, 0.29) is 0 Å². The Morgan fingerprint density at radius 1 is 1.05 bits per heavy atom. The lowest BCUT2D eigenvalue weighted by Crippen LogP contribution is -1.96. The molecule has 0 fully saturated rings. The third-order valence-electron chi connectivity index (χ3n) is 3.24. The number of hydrogen-bond acceptors (Lipinski definition) is 2. The highest BCUT2D eigenvalue weighted by atomic mass is 15.0. The van der Waals surface area contributed by atoms with Crippen molar-refractivity contribution in [2.24, 2.45) is 0 Å². The lowest BCUT2D eigenvalue weighted by atomic mass is 9.99. The average Bonchev–Trinajstić information content (AvgIpc) is 3.01. The third kappa shape index (κ3) is 2.45. The fourth-order valence-electron chi connectivity index (χ4n) is 2.21. The van der Waals surface area contributed by atoms with Crippen molar-refractivity contribution in [3.05, 3.63) is 78.4 Å². The maximum absolute atomic E-state index is 9.15. The van der Waals surface area contributed by atoms with Crippen molar-refractivity contribution in [1.29, 1.82) is 5.26 Å². The molecule has 0 radical (unpaired) electrons. The first-order valence-corrected chi connectivity index (χ1v) is 6.41. The maximum atomic E-state index is 9.15. The molecule has 2 aromatic carbocycles. The molecule has 0 saturated carbocycles. The molecule has 1 heterocycles. The number of nitrogens with zero attached hydrogens (tertiary/aromatic N) is 3. The van der Waals surface area contributed by atoms with Crippen LogP contribution in [-0.2, 0) is 6.54 Å². The van der Waals surface area contributed by atoms with E-state index in [2.05, 4.69) is 35.3 Å². The van der Waals surface area contributed by atoms with E-state index in [9.17, 15) is 0 Å². The Kier molecular flexibility index (Phi) is 3.30. The maximum Gasteiger partial charge on any atom is 0.0998 e. The minimum atomic E-state index is 0.704. The topological polar surface area (TPSA) is 41.6 Å². The SMILES string of the molecule is N#Cc1ccccc1-c1ccc(Cn2ccnc2)cc1. The van der Waals surface area contributed by atoms with Crippen molar-refractivity contribution in [2.75, 3.05) is 0 Å². The molecule has 0 aliphatic rings. The van der Waals surface area contributed by atoms with Crippen LogP contribution in [0.2, 0.25) is 0 Å². The summed E-state index contributed by atoms with van der Waals surface area (Å²) >= 11 is 0. The molecule has 0 amide bonds. The predicted octanol–water partition coefficient (Wildman–Crippen LogP) is 3.47. The molecule has 3 rings (SSSR count). The summed E-state index contributed by atoms with van der Waals surface area (Å²) in [5.41, 5.74) is 3.96. The molecule has 0 saturated heterocycles. The summed E-state index contributed by atoms with van der Waals surface area (Å²) in [4.78, 5) is 4.03. The van der Waals surface area contributed by atoms with Gasteiger partial charge in [-0.3, -0.25) is 0 Å². The smallest absolute Gasteiger partial charge is 0.0998 e. The van der Waals surface area contributed by atoms with E-state index in [1.807, 2.05) is 35.0 Å². The number of nitriles is 1. The zero-order chi connectivity index (χ0) is 13.8. The number of imidazole rings is 1. The molecule has 0 aliphatic heterocycles. The summed E-state index contributed by atoms with van der Waals surface area (Å²) in [6.07, 6.45) is 5.52. The van der Waals surface area contributed by atoms with Crippen LogP contribution in [0, 0.1) is 11.3 Å². The molecule has 0 aliphatic carbocycles. The molecule has 0 atom stereocenters. The first-order valence-electron chi connectivity index (χ1n) is 6.41. The van der Waals surface area contributed by atoms with Crippen LogP contribution in [-0.4, -0.2) is 9.55 Å². The Morgan fingerprint density at radius 2 is 1.85 bits per heavy atom. The second kappa shape index (κ2) is 5.41. The molecule has 3 nitrogen and oxygen atoms in total. The lowest BCUT2D eigenvalue weighted by molar-refractivity contribution is 0.797. The van der Waals surface area contributed by atoms with Gasteiger partial charge in [-0.1, -0.05) is 42.5 Å². The molecule has 3 heteroatoms. The summed E-state index contributed by atoms with van der Waals surface area (Å²) < 4.78 is 2.03. The van der Waals surface area contributed by atoms with Gasteiger partial charge in [-0.15, -0.1) is 0 Å². The fraction of sp³-hybridized carbons (Fsp3) is 0.0588. The fourth-order valence-corrected chi connectivity index (χ4v) is 2.21. The van der Waals surface area contributed by atoms with E-state index in [0.29, 0.717) is 5.56 Å². The average molecular weight is 259 g/mol. The summed E-state index contributed by atoms with van der Waals surface area (Å²) in [7, 11) is 0. The highest BCUT2D eigenvalue weighted by Gasteiger charge is 2.03. The van der Waals surface area contributed by atoms with Crippen LogP contribution in [0.15, 0.2) is 67.3 Å². The van der Waals surface area contributed by atoms with Crippen LogP contribution < -0.4 is 0 Å². The van der Waals surface area contributed by atoms with Gasteiger partial charge in [0.2, 0.25) is 0 Å². The van der Waals surface area contributed by atoms with Crippen molar-refractivity contribution < 1.29 is 0 Å². The number of aromatic nitrogens is 2. The largest absolute Gasteiger partial charge is 0.333 e. The summed E-state index contributed by atoms with van der Waals surface area (Å²) in [6.45, 7) is 0.806. The van der Waals surface area contributed by atoms with E-state index >= 15 is 0 Å². The Bertz CT molecular complexity index is 735. The summed E-state index contributed by atoms with van der Waals surface area (Å²) in [5.74, 6) is 0. The van der Waals surface area contributed by atoms with Gasteiger partial charge < -0.3 is 4.57 Å². The Hall–Kier alpha value is -2.86. The van der Waals surface area contributed by atoms with Crippen molar-refractivity contribution in [2.45, 2.75) is 6.54 Å². The molecule has 20 heavy (non-hydrogen) atoms. The van der Waals surface area contributed by atoms with E-state index in [0.717, 1.165) is 17.7 Å². The number of hydrogen-bond donors (Lipinski definition) is 0. The van der Waals surface area contributed by atoms with Crippen molar-refractivity contribution in [1.82, 2.24) is 9.55 Å². The van der Waals surface area contributed by atoms with E-state index in [4.69, 9.17) is 5.26 Å². The van der Waals surface area contributed by atoms with Gasteiger partial charge in [-0.25, -0.2) is 4.98 Å². The minimum absolute atomic E-state index is 0.704. The molecule has 96 valence electrons. The second-order valence-corrected chi connectivity index (χ2v) is 4.59. The van der Waals surface area contributed by atoms with Gasteiger partial charge >= 0.3 is 0 Å². The zero-order valence-corrected chi connectivity index (χ0v) is 10.9. The first-order chi connectivity index (χ1) is 9.86. The lowest BCUT2D eigenvalue weighted by Gasteiger charge is -2.06. The van der Waals surface area contributed by atoms with Crippen LogP contribution in [0.1, 0.15) is 11.1 Å². The van der Waals surface area contributed by atoms with Gasteiger partial charge in [0.05, 0.1) is 18.0 Å². The molecule has 0 N–H and O–H groups in total. The Balaban J connectivity index is 1.88. The number of benzene rings is 2. The van der Waals surface area contributed by atoms with Crippen molar-refractivity contribution in [3.8, 4) is 17.2 Å². The molecule has 0 spiro atoms. The summed E-state index contributed by atoms with van der Waals surface area (Å²) in [5, 5.41) is 9.15. The van der Waals surface area contributed by atoms with Crippen LogP contribution >= 0.6 is 0 Å². The Morgan fingerprint density at radius 3 is 2.55 bits per heavy atom. The highest BCUT2D eigenvalue weighted by Crippen LogP contribution is 2.23. The normalized spacial score (nSPS) is 10.2. The van der Waals surface area contributed by atoms with Crippen molar-refractivity contribution >= 4 is 0 Å². The molecule has 1 aromatic heterocycles. The van der Waals surface area contributed by atoms with Gasteiger partial charge in [0.25, 0.3) is 0 Å². The van der Waals surface area contributed by atoms with Crippen LogP contribution in [0.5, 0.6) is 0 Å². The van der Waals surface area contributed by atoms with Crippen LogP contribution in [0.25, 0.3) is 11.1 Å². The molecule has 0 bridgehead atoms. The van der Waals surface area contributed by atoms with Gasteiger partial charge in [-0.2, -0.15) is 5.26 Å². The van der Waals surface area contributed by atoms with E-state index in [1.54, 1.807) is 12.5 Å². The van der Waals surface area contributed by atoms with Crippen LogP contribution in [0.3, 0.4) is 0 Å². The number of rotatable bonds is 3. The predicted molar refractivity (Wildman–Crippen MR) is 77.9 cm³/mol. The van der Waals surface area contributed by atoms with Gasteiger partial charge in [0.1, 0.15) is 0 Å². The van der Waals surface area contributed by atoms with E-state index < -0.39 is 0 Å². The molecule has 0 unspecified atom stereocenters. The standard InChI is InChI=1S/C17H13N3/c18-11-16-3-1-2-4-17(16)15-7-5-14(6-8-15)12-20-10-9-19-13-20/h1-10,13H,12H2. The Labute approximate surface area is 117 Å². The quantitative estimate of drug-likeness (QED) is 0.722. The first kappa shape index (κ1) is 12.2.